The Labute approximate surface area is 149 Å². The zero-order chi connectivity index (χ0) is 18.1. The summed E-state index contributed by atoms with van der Waals surface area (Å²) < 4.78 is 23.7. The second kappa shape index (κ2) is 6.74. The Balaban J connectivity index is 1.56. The molecule has 1 aromatic carbocycles. The van der Waals surface area contributed by atoms with E-state index in [1.54, 1.807) is 23.1 Å². The van der Waals surface area contributed by atoms with Crippen molar-refractivity contribution in [2.24, 2.45) is 0 Å². The first kappa shape index (κ1) is 16.5. The van der Waals surface area contributed by atoms with E-state index in [1.165, 1.54) is 12.1 Å². The molecule has 1 amide bonds. The lowest BCUT2D eigenvalue weighted by Gasteiger charge is -2.21. The van der Waals surface area contributed by atoms with E-state index in [0.29, 0.717) is 23.6 Å². The van der Waals surface area contributed by atoms with Crippen LogP contribution in [0, 0.1) is 5.82 Å². The van der Waals surface area contributed by atoms with Crippen molar-refractivity contribution in [2.45, 2.75) is 32.2 Å². The van der Waals surface area contributed by atoms with E-state index in [-0.39, 0.29) is 23.5 Å². The standard InChI is InChI=1S/C19H18FN3O3/c1-2-14-10-18(26-21-14)16-4-3-9-23(16)19(24)15-11-17(25-22-15)12-5-7-13(20)8-6-12/h5-8,10-11,16H,2-4,9H2,1H3. The second-order valence-corrected chi connectivity index (χ2v) is 6.31. The van der Waals surface area contributed by atoms with E-state index in [9.17, 15) is 9.18 Å². The third-order valence-corrected chi connectivity index (χ3v) is 4.64. The molecule has 26 heavy (non-hydrogen) atoms. The molecule has 1 aliphatic rings. The zero-order valence-corrected chi connectivity index (χ0v) is 14.3. The van der Waals surface area contributed by atoms with Crippen LogP contribution in [0.3, 0.4) is 0 Å². The first-order chi connectivity index (χ1) is 12.7. The van der Waals surface area contributed by atoms with Gasteiger partial charge in [0.25, 0.3) is 5.91 Å². The maximum absolute atomic E-state index is 13.1. The lowest BCUT2D eigenvalue weighted by molar-refractivity contribution is 0.0704. The van der Waals surface area contributed by atoms with Crippen LogP contribution in [0.15, 0.2) is 45.4 Å². The Bertz CT molecular complexity index is 916. The smallest absolute Gasteiger partial charge is 0.276 e. The van der Waals surface area contributed by atoms with Crippen LogP contribution >= 0.6 is 0 Å². The highest BCUT2D eigenvalue weighted by Gasteiger charge is 2.34. The van der Waals surface area contributed by atoms with E-state index < -0.39 is 0 Å². The molecular formula is C19H18FN3O3. The van der Waals surface area contributed by atoms with Crippen LogP contribution in [0.5, 0.6) is 0 Å². The highest BCUT2D eigenvalue weighted by molar-refractivity contribution is 5.93. The Morgan fingerprint density at radius 1 is 1.23 bits per heavy atom. The lowest BCUT2D eigenvalue weighted by atomic mass is 10.1. The van der Waals surface area contributed by atoms with Crippen molar-refractivity contribution in [1.29, 1.82) is 0 Å². The normalized spacial score (nSPS) is 17.0. The van der Waals surface area contributed by atoms with Crippen LogP contribution in [0.2, 0.25) is 0 Å². The summed E-state index contributed by atoms with van der Waals surface area (Å²) in [5, 5.41) is 7.92. The lowest BCUT2D eigenvalue weighted by Crippen LogP contribution is -2.30. The first-order valence-electron chi connectivity index (χ1n) is 8.65. The molecular weight excluding hydrogens is 337 g/mol. The quantitative estimate of drug-likeness (QED) is 0.707. The fraction of sp³-hybridized carbons (Fsp3) is 0.316. The monoisotopic (exact) mass is 355 g/mol. The van der Waals surface area contributed by atoms with Gasteiger partial charge in [-0.2, -0.15) is 0 Å². The summed E-state index contributed by atoms with van der Waals surface area (Å²) in [6, 6.07) is 9.20. The predicted octanol–water partition coefficient (Wildman–Crippen LogP) is 4.01. The van der Waals surface area contributed by atoms with Gasteiger partial charge < -0.3 is 13.9 Å². The molecule has 0 aliphatic carbocycles. The van der Waals surface area contributed by atoms with Gasteiger partial charge in [0, 0.05) is 24.2 Å². The number of rotatable bonds is 4. The summed E-state index contributed by atoms with van der Waals surface area (Å²) in [6.45, 7) is 2.63. The highest BCUT2D eigenvalue weighted by Crippen LogP contribution is 2.34. The van der Waals surface area contributed by atoms with Crippen molar-refractivity contribution in [3.8, 4) is 11.3 Å². The van der Waals surface area contributed by atoms with Crippen LogP contribution in [-0.4, -0.2) is 27.7 Å². The Hall–Kier alpha value is -2.96. The molecule has 0 spiro atoms. The van der Waals surface area contributed by atoms with E-state index in [0.717, 1.165) is 25.0 Å². The molecule has 134 valence electrons. The number of hydrogen-bond donors (Lipinski definition) is 0. The Morgan fingerprint density at radius 3 is 2.77 bits per heavy atom. The van der Waals surface area contributed by atoms with Gasteiger partial charge in [-0.3, -0.25) is 4.79 Å². The summed E-state index contributed by atoms with van der Waals surface area (Å²) in [5.74, 6) is 0.592. The minimum Gasteiger partial charge on any atom is -0.359 e. The van der Waals surface area contributed by atoms with Gasteiger partial charge in [-0.05, 0) is 43.5 Å². The van der Waals surface area contributed by atoms with E-state index in [1.807, 2.05) is 13.0 Å². The van der Waals surface area contributed by atoms with Crippen molar-refractivity contribution in [3.63, 3.8) is 0 Å². The van der Waals surface area contributed by atoms with Crippen molar-refractivity contribution in [2.75, 3.05) is 6.54 Å². The molecule has 0 bridgehead atoms. The molecule has 0 radical (unpaired) electrons. The number of amides is 1. The summed E-state index contributed by atoms with van der Waals surface area (Å²) in [6.07, 6.45) is 2.50. The molecule has 4 rings (SSSR count). The average molecular weight is 355 g/mol. The summed E-state index contributed by atoms with van der Waals surface area (Å²) in [5.41, 5.74) is 1.77. The highest BCUT2D eigenvalue weighted by atomic mass is 19.1. The van der Waals surface area contributed by atoms with E-state index >= 15 is 0 Å². The number of carbonyl (C=O) groups is 1. The molecule has 1 saturated heterocycles. The van der Waals surface area contributed by atoms with Gasteiger partial charge in [-0.15, -0.1) is 0 Å². The van der Waals surface area contributed by atoms with Crippen molar-refractivity contribution < 1.29 is 18.2 Å². The second-order valence-electron chi connectivity index (χ2n) is 6.31. The first-order valence-corrected chi connectivity index (χ1v) is 8.65. The summed E-state index contributed by atoms with van der Waals surface area (Å²) in [7, 11) is 0. The maximum atomic E-state index is 13.1. The molecule has 0 N–H and O–H groups in total. The van der Waals surface area contributed by atoms with Crippen LogP contribution in [0.4, 0.5) is 4.39 Å². The molecule has 2 aromatic heterocycles. The average Bonchev–Trinajstić information content (AvgIpc) is 3.40. The number of benzene rings is 1. The molecule has 1 aliphatic heterocycles. The van der Waals surface area contributed by atoms with Gasteiger partial charge in [-0.25, -0.2) is 4.39 Å². The minimum absolute atomic E-state index is 0.138. The van der Waals surface area contributed by atoms with Gasteiger partial charge in [0.1, 0.15) is 5.82 Å². The fourth-order valence-corrected chi connectivity index (χ4v) is 3.23. The van der Waals surface area contributed by atoms with Crippen molar-refractivity contribution in [3.05, 3.63) is 59.4 Å². The largest absolute Gasteiger partial charge is 0.359 e. The van der Waals surface area contributed by atoms with Gasteiger partial charge in [0.05, 0.1) is 11.7 Å². The van der Waals surface area contributed by atoms with Crippen LogP contribution < -0.4 is 0 Å². The number of halogens is 1. The number of carbonyl (C=O) groups excluding carboxylic acids is 1. The number of aryl methyl sites for hydroxylation is 1. The summed E-state index contributed by atoms with van der Waals surface area (Å²) >= 11 is 0. The number of nitrogens with zero attached hydrogens (tertiary/aromatic N) is 3. The van der Waals surface area contributed by atoms with E-state index in [2.05, 4.69) is 10.3 Å². The molecule has 3 heterocycles. The molecule has 0 saturated carbocycles. The summed E-state index contributed by atoms with van der Waals surface area (Å²) in [4.78, 5) is 14.6. The Morgan fingerprint density at radius 2 is 2.04 bits per heavy atom. The van der Waals surface area contributed by atoms with Gasteiger partial charge in [0.15, 0.2) is 17.2 Å². The Kier molecular flexibility index (Phi) is 4.28. The van der Waals surface area contributed by atoms with Gasteiger partial charge >= 0.3 is 0 Å². The molecule has 1 atom stereocenters. The van der Waals surface area contributed by atoms with Crippen molar-refractivity contribution in [1.82, 2.24) is 15.2 Å². The number of aromatic nitrogens is 2. The molecule has 3 aromatic rings. The van der Waals surface area contributed by atoms with Gasteiger partial charge in [-0.1, -0.05) is 17.2 Å². The predicted molar refractivity (Wildman–Crippen MR) is 90.8 cm³/mol. The molecule has 1 fully saturated rings. The zero-order valence-electron chi connectivity index (χ0n) is 14.3. The molecule has 1 unspecified atom stereocenters. The van der Waals surface area contributed by atoms with Crippen LogP contribution in [0.1, 0.15) is 47.7 Å². The van der Waals surface area contributed by atoms with Crippen molar-refractivity contribution >= 4 is 5.91 Å². The van der Waals surface area contributed by atoms with Gasteiger partial charge in [0.2, 0.25) is 0 Å². The molecule has 6 nitrogen and oxygen atoms in total. The van der Waals surface area contributed by atoms with Crippen LogP contribution in [0.25, 0.3) is 11.3 Å². The number of likely N-dealkylation sites (tertiary alicyclic amines) is 1. The minimum atomic E-state index is -0.331. The van der Waals surface area contributed by atoms with E-state index in [4.69, 9.17) is 9.05 Å². The third-order valence-electron chi connectivity index (χ3n) is 4.64. The fourth-order valence-electron chi connectivity index (χ4n) is 3.23. The van der Waals surface area contributed by atoms with Crippen LogP contribution in [-0.2, 0) is 6.42 Å². The SMILES string of the molecule is CCc1cc(C2CCCN2C(=O)c2cc(-c3ccc(F)cc3)on2)on1. The third kappa shape index (κ3) is 3.00. The molecule has 7 heteroatoms. The number of hydrogen-bond acceptors (Lipinski definition) is 5. The topological polar surface area (TPSA) is 72.4 Å². The maximum Gasteiger partial charge on any atom is 0.276 e.